The van der Waals surface area contributed by atoms with E-state index >= 15 is 0 Å². The van der Waals surface area contributed by atoms with Crippen molar-refractivity contribution in [1.29, 1.82) is 0 Å². The van der Waals surface area contributed by atoms with E-state index in [1.807, 2.05) is 6.07 Å². The number of aromatic nitrogens is 1. The number of pyridine rings is 1. The van der Waals surface area contributed by atoms with Crippen molar-refractivity contribution in [3.05, 3.63) is 64.9 Å². The fourth-order valence-electron chi connectivity index (χ4n) is 1.75. The Kier molecular flexibility index (Phi) is 4.75. The van der Waals surface area contributed by atoms with Crippen molar-refractivity contribution in [2.45, 2.75) is 12.3 Å². The first kappa shape index (κ1) is 14.1. The number of benzene rings is 1. The number of carbonyl (C=O) groups is 1. The molecule has 0 aliphatic heterocycles. The van der Waals surface area contributed by atoms with Crippen molar-refractivity contribution in [2.24, 2.45) is 0 Å². The Hall–Kier alpha value is -2.31. The molecule has 0 bridgehead atoms. The Bertz CT molecular complexity index is 659. The molecule has 2 aromatic rings. The minimum atomic E-state index is -0.914. The van der Waals surface area contributed by atoms with Gasteiger partial charge in [-0.2, -0.15) is 0 Å². The van der Waals surface area contributed by atoms with E-state index in [4.69, 9.17) is 11.6 Å². The van der Waals surface area contributed by atoms with Gasteiger partial charge in [-0.1, -0.05) is 35.7 Å². The van der Waals surface area contributed by atoms with Gasteiger partial charge in [0.15, 0.2) is 0 Å². The summed E-state index contributed by atoms with van der Waals surface area (Å²) in [6, 6.07) is 12.3. The zero-order valence-corrected chi connectivity index (χ0v) is 11.3. The highest BCUT2D eigenvalue weighted by Crippen LogP contribution is 2.22. The van der Waals surface area contributed by atoms with Crippen LogP contribution in [0.25, 0.3) is 0 Å². The molecule has 1 aromatic carbocycles. The molecule has 0 aliphatic rings. The third kappa shape index (κ3) is 3.84. The number of rotatable bonds is 3. The second kappa shape index (κ2) is 6.74. The number of carboxylic acids is 1. The van der Waals surface area contributed by atoms with Crippen LogP contribution in [0.5, 0.6) is 0 Å². The third-order valence-electron chi connectivity index (χ3n) is 2.74. The zero-order valence-electron chi connectivity index (χ0n) is 10.6. The van der Waals surface area contributed by atoms with Crippen molar-refractivity contribution in [2.75, 3.05) is 0 Å². The van der Waals surface area contributed by atoms with E-state index in [1.54, 1.807) is 42.6 Å². The summed E-state index contributed by atoms with van der Waals surface area (Å²) in [5.41, 5.74) is 1.28. The van der Waals surface area contributed by atoms with Crippen LogP contribution < -0.4 is 0 Å². The highest BCUT2D eigenvalue weighted by Gasteiger charge is 2.18. The maximum Gasteiger partial charge on any atom is 0.311 e. The first-order valence-corrected chi connectivity index (χ1v) is 6.43. The van der Waals surface area contributed by atoms with Gasteiger partial charge in [0.1, 0.15) is 5.69 Å². The minimum Gasteiger partial charge on any atom is -0.481 e. The molecule has 20 heavy (non-hydrogen) atoms. The van der Waals surface area contributed by atoms with Crippen LogP contribution in [0.2, 0.25) is 5.02 Å². The first-order valence-electron chi connectivity index (χ1n) is 6.05. The molecule has 0 saturated heterocycles. The van der Waals surface area contributed by atoms with Gasteiger partial charge in [0.05, 0.1) is 5.92 Å². The molecule has 0 amide bonds. The lowest BCUT2D eigenvalue weighted by Crippen LogP contribution is -2.10. The summed E-state index contributed by atoms with van der Waals surface area (Å²) in [6.07, 6.45) is 1.86. The van der Waals surface area contributed by atoms with Crippen LogP contribution in [-0.4, -0.2) is 16.1 Å². The molecule has 0 saturated carbocycles. The van der Waals surface area contributed by atoms with E-state index in [0.29, 0.717) is 16.3 Å². The smallest absolute Gasteiger partial charge is 0.311 e. The van der Waals surface area contributed by atoms with Gasteiger partial charge < -0.3 is 5.11 Å². The molecule has 1 unspecified atom stereocenters. The fraction of sp³-hybridized carbons (Fsp3) is 0.125. The molecule has 0 aliphatic carbocycles. The Balaban J connectivity index is 2.16. The topological polar surface area (TPSA) is 50.2 Å². The van der Waals surface area contributed by atoms with Crippen molar-refractivity contribution >= 4 is 17.6 Å². The van der Waals surface area contributed by atoms with Gasteiger partial charge in [0, 0.05) is 17.6 Å². The molecule has 0 radical (unpaired) electrons. The quantitative estimate of drug-likeness (QED) is 0.880. The number of hydrogen-bond donors (Lipinski definition) is 1. The van der Waals surface area contributed by atoms with Crippen molar-refractivity contribution < 1.29 is 9.90 Å². The molecular weight excluding hydrogens is 274 g/mol. The maximum atomic E-state index is 11.3. The molecular formula is C16H12ClNO2. The molecule has 2 rings (SSSR count). The van der Waals surface area contributed by atoms with Crippen LogP contribution in [0, 0.1) is 11.8 Å². The second-order valence-corrected chi connectivity index (χ2v) is 4.60. The number of hydrogen-bond acceptors (Lipinski definition) is 2. The average molecular weight is 286 g/mol. The van der Waals surface area contributed by atoms with E-state index in [2.05, 4.69) is 16.8 Å². The summed E-state index contributed by atoms with van der Waals surface area (Å²) in [6.45, 7) is 0. The van der Waals surface area contributed by atoms with Crippen LogP contribution in [0.15, 0.2) is 48.7 Å². The molecule has 3 nitrogen and oxygen atoms in total. The van der Waals surface area contributed by atoms with Crippen LogP contribution in [0.1, 0.15) is 23.6 Å². The Labute approximate surface area is 122 Å². The first-order chi connectivity index (χ1) is 9.66. The summed E-state index contributed by atoms with van der Waals surface area (Å²) in [5.74, 6) is 4.12. The molecule has 1 heterocycles. The highest BCUT2D eigenvalue weighted by atomic mass is 35.5. The Morgan fingerprint density at radius 2 is 2.15 bits per heavy atom. The summed E-state index contributed by atoms with van der Waals surface area (Å²) >= 11 is 5.88. The summed E-state index contributed by atoms with van der Waals surface area (Å²) in [7, 11) is 0. The zero-order chi connectivity index (χ0) is 14.4. The van der Waals surface area contributed by atoms with Crippen molar-refractivity contribution in [1.82, 2.24) is 4.98 Å². The summed E-state index contributed by atoms with van der Waals surface area (Å²) < 4.78 is 0. The monoisotopic (exact) mass is 285 g/mol. The number of aliphatic carboxylic acids is 1. The SMILES string of the molecule is O=C(O)C(CC#Cc1ccccn1)c1cccc(Cl)c1. The summed E-state index contributed by atoms with van der Waals surface area (Å²) in [4.78, 5) is 15.4. The van der Waals surface area contributed by atoms with Gasteiger partial charge in [-0.15, -0.1) is 0 Å². The predicted octanol–water partition coefficient (Wildman–Crippen LogP) is 3.35. The van der Waals surface area contributed by atoms with Gasteiger partial charge >= 0.3 is 5.97 Å². The molecule has 0 fully saturated rings. The van der Waals surface area contributed by atoms with E-state index in [0.717, 1.165) is 0 Å². The number of carboxylic acid groups (broad SMARTS) is 1. The van der Waals surface area contributed by atoms with Gasteiger partial charge in [-0.25, -0.2) is 4.98 Å². The van der Waals surface area contributed by atoms with E-state index in [-0.39, 0.29) is 6.42 Å². The van der Waals surface area contributed by atoms with Crippen molar-refractivity contribution in [3.63, 3.8) is 0 Å². The van der Waals surface area contributed by atoms with Gasteiger partial charge in [-0.05, 0) is 35.7 Å². The van der Waals surface area contributed by atoms with Crippen LogP contribution in [0.4, 0.5) is 0 Å². The fourth-order valence-corrected chi connectivity index (χ4v) is 1.95. The lowest BCUT2D eigenvalue weighted by Gasteiger charge is -2.09. The largest absolute Gasteiger partial charge is 0.481 e. The second-order valence-electron chi connectivity index (χ2n) is 4.17. The van der Waals surface area contributed by atoms with Gasteiger partial charge in [0.25, 0.3) is 0 Å². The van der Waals surface area contributed by atoms with Crippen LogP contribution in [-0.2, 0) is 4.79 Å². The molecule has 1 aromatic heterocycles. The normalized spacial score (nSPS) is 11.2. The Morgan fingerprint density at radius 3 is 2.80 bits per heavy atom. The molecule has 4 heteroatoms. The number of halogens is 1. The minimum absolute atomic E-state index is 0.215. The highest BCUT2D eigenvalue weighted by molar-refractivity contribution is 6.30. The predicted molar refractivity (Wildman–Crippen MR) is 77.6 cm³/mol. The van der Waals surface area contributed by atoms with Crippen LogP contribution in [0.3, 0.4) is 0 Å². The van der Waals surface area contributed by atoms with E-state index in [9.17, 15) is 9.90 Å². The van der Waals surface area contributed by atoms with Gasteiger partial charge in [0.2, 0.25) is 0 Å². The molecule has 1 N–H and O–H groups in total. The molecule has 0 spiro atoms. The van der Waals surface area contributed by atoms with Crippen LogP contribution >= 0.6 is 11.6 Å². The Morgan fingerprint density at radius 1 is 1.30 bits per heavy atom. The summed E-state index contributed by atoms with van der Waals surface area (Å²) in [5, 5.41) is 9.81. The van der Waals surface area contributed by atoms with Gasteiger partial charge in [-0.3, -0.25) is 4.79 Å². The van der Waals surface area contributed by atoms with Crippen molar-refractivity contribution in [3.8, 4) is 11.8 Å². The lowest BCUT2D eigenvalue weighted by molar-refractivity contribution is -0.138. The molecule has 1 atom stereocenters. The lowest BCUT2D eigenvalue weighted by atomic mass is 9.96. The molecule has 100 valence electrons. The number of nitrogens with zero attached hydrogens (tertiary/aromatic N) is 1. The standard InChI is InChI=1S/C16H12ClNO2/c17-13-6-3-5-12(11-13)15(16(19)20)9-4-8-14-7-1-2-10-18-14/h1-3,5-7,10-11,15H,9H2,(H,19,20). The maximum absolute atomic E-state index is 11.3. The van der Waals surface area contributed by atoms with E-state index < -0.39 is 11.9 Å². The van der Waals surface area contributed by atoms with E-state index in [1.165, 1.54) is 0 Å². The third-order valence-corrected chi connectivity index (χ3v) is 2.97. The average Bonchev–Trinajstić information content (AvgIpc) is 2.44.